The Kier molecular flexibility index (Phi) is 7.48. The molecule has 0 heterocycles. The van der Waals surface area contributed by atoms with Crippen LogP contribution in [0.5, 0.6) is 0 Å². The molecular weight excluding hydrogens is 178 g/mol. The molecule has 1 atom stereocenters. The van der Waals surface area contributed by atoms with Crippen molar-refractivity contribution in [1.29, 1.82) is 0 Å². The molecule has 0 unspecified atom stereocenters. The van der Waals surface area contributed by atoms with E-state index < -0.39 is 0 Å². The van der Waals surface area contributed by atoms with Gasteiger partial charge in [-0.05, 0) is 38.4 Å². The van der Waals surface area contributed by atoms with E-state index in [0.717, 1.165) is 13.1 Å². The lowest BCUT2D eigenvalue weighted by Crippen LogP contribution is -2.36. The third-order valence-electron chi connectivity index (χ3n) is 2.42. The first kappa shape index (κ1) is 13.1. The Bertz CT molecular complexity index is 141. The van der Waals surface area contributed by atoms with Gasteiger partial charge in [0.2, 0.25) is 0 Å². The maximum Gasteiger partial charge on any atom is 0.0309 e. The van der Waals surface area contributed by atoms with Crippen LogP contribution >= 0.6 is 11.8 Å². The molecule has 13 heavy (non-hydrogen) atoms. The van der Waals surface area contributed by atoms with E-state index >= 15 is 0 Å². The molecule has 0 saturated carbocycles. The highest BCUT2D eigenvalue weighted by Crippen LogP contribution is 2.14. The highest BCUT2D eigenvalue weighted by atomic mass is 32.2. The molecule has 78 valence electrons. The number of likely N-dealkylation sites (N-methyl/N-ethyl adjacent to an activating group) is 1. The lowest BCUT2D eigenvalue weighted by Gasteiger charge is -2.29. The maximum atomic E-state index is 4.07. The minimum Gasteiger partial charge on any atom is -0.297 e. The van der Waals surface area contributed by atoms with Crippen LogP contribution in [0.2, 0.25) is 0 Å². The average Bonchev–Trinajstić information content (AvgIpc) is 2.11. The van der Waals surface area contributed by atoms with Gasteiger partial charge in [-0.2, -0.15) is 11.8 Å². The van der Waals surface area contributed by atoms with Crippen LogP contribution in [-0.4, -0.2) is 36.0 Å². The zero-order chi connectivity index (χ0) is 10.3. The van der Waals surface area contributed by atoms with Crippen LogP contribution in [0.3, 0.4) is 0 Å². The van der Waals surface area contributed by atoms with Gasteiger partial charge >= 0.3 is 0 Å². The van der Waals surface area contributed by atoms with Gasteiger partial charge in [0.25, 0.3) is 0 Å². The summed E-state index contributed by atoms with van der Waals surface area (Å²) < 4.78 is 0. The lowest BCUT2D eigenvalue weighted by molar-refractivity contribution is 0.240. The van der Waals surface area contributed by atoms with Gasteiger partial charge in [0.1, 0.15) is 0 Å². The second kappa shape index (κ2) is 7.45. The largest absolute Gasteiger partial charge is 0.297 e. The van der Waals surface area contributed by atoms with Crippen molar-refractivity contribution >= 4 is 11.8 Å². The van der Waals surface area contributed by atoms with Crippen LogP contribution in [-0.2, 0) is 0 Å². The minimum atomic E-state index is 0.586. The lowest BCUT2D eigenvalue weighted by atomic mass is 10.1. The summed E-state index contributed by atoms with van der Waals surface area (Å²) in [4.78, 5) is 2.48. The number of nitrogens with zero attached hydrogens (tertiary/aromatic N) is 1. The number of rotatable bonds is 7. The quantitative estimate of drug-likeness (QED) is 0.583. The summed E-state index contributed by atoms with van der Waals surface area (Å²) in [5.41, 5.74) is 1.30. The first-order valence-corrected chi connectivity index (χ1v) is 6.45. The van der Waals surface area contributed by atoms with Gasteiger partial charge in [0.05, 0.1) is 0 Å². The van der Waals surface area contributed by atoms with Crippen molar-refractivity contribution in [3.8, 4) is 0 Å². The summed E-state index contributed by atoms with van der Waals surface area (Å²) >= 11 is 1.92. The zero-order valence-electron chi connectivity index (χ0n) is 9.47. The van der Waals surface area contributed by atoms with Crippen LogP contribution in [0.4, 0.5) is 0 Å². The van der Waals surface area contributed by atoms with Crippen LogP contribution in [0.15, 0.2) is 12.2 Å². The molecular formula is C11H23NS. The molecule has 0 N–H and O–H groups in total. The zero-order valence-corrected chi connectivity index (χ0v) is 10.3. The molecule has 0 aliphatic carbocycles. The highest BCUT2D eigenvalue weighted by molar-refractivity contribution is 7.98. The predicted molar refractivity (Wildman–Crippen MR) is 64.5 cm³/mol. The topological polar surface area (TPSA) is 3.24 Å². The first-order valence-electron chi connectivity index (χ1n) is 5.05. The van der Waals surface area contributed by atoms with Crippen molar-refractivity contribution in [2.45, 2.75) is 33.2 Å². The fourth-order valence-electron chi connectivity index (χ4n) is 1.63. The fraction of sp³-hybridized carbons (Fsp3) is 0.818. The Morgan fingerprint density at radius 2 is 1.92 bits per heavy atom. The summed E-state index contributed by atoms with van der Waals surface area (Å²) in [6, 6.07) is 0.586. The van der Waals surface area contributed by atoms with Gasteiger partial charge in [-0.3, -0.25) is 4.90 Å². The van der Waals surface area contributed by atoms with E-state index in [1.54, 1.807) is 0 Å². The normalized spacial score (nSPS) is 13.3. The van der Waals surface area contributed by atoms with Crippen molar-refractivity contribution in [1.82, 2.24) is 4.90 Å². The summed E-state index contributed by atoms with van der Waals surface area (Å²) in [5, 5.41) is 0. The van der Waals surface area contributed by atoms with Crippen LogP contribution in [0, 0.1) is 0 Å². The van der Waals surface area contributed by atoms with Gasteiger partial charge in [-0.25, -0.2) is 0 Å². The van der Waals surface area contributed by atoms with E-state index in [2.05, 4.69) is 38.5 Å². The summed E-state index contributed by atoms with van der Waals surface area (Å²) in [6.07, 6.45) is 3.40. The molecule has 0 fully saturated rings. The molecule has 2 heteroatoms. The van der Waals surface area contributed by atoms with Gasteiger partial charge in [-0.1, -0.05) is 26.0 Å². The van der Waals surface area contributed by atoms with Crippen LogP contribution in [0.25, 0.3) is 0 Å². The molecule has 0 amide bonds. The molecule has 1 nitrogen and oxygen atoms in total. The Hall–Kier alpha value is 0.0500. The van der Waals surface area contributed by atoms with Gasteiger partial charge < -0.3 is 0 Å². The predicted octanol–water partition coefficient (Wildman–Crippen LogP) is 3.03. The SMILES string of the molecule is C=C(C)[C@H](CCSC)N(CC)CC. The summed E-state index contributed by atoms with van der Waals surface area (Å²) in [7, 11) is 0. The van der Waals surface area contributed by atoms with Crippen molar-refractivity contribution in [2.75, 3.05) is 25.1 Å². The molecule has 0 aliphatic heterocycles. The van der Waals surface area contributed by atoms with Crippen LogP contribution in [0.1, 0.15) is 27.2 Å². The third-order valence-corrected chi connectivity index (χ3v) is 3.06. The molecule has 0 aromatic heterocycles. The molecule has 0 aliphatic rings. The number of thioether (sulfide) groups is 1. The van der Waals surface area contributed by atoms with E-state index in [1.807, 2.05) is 11.8 Å². The number of hydrogen-bond acceptors (Lipinski definition) is 2. The van der Waals surface area contributed by atoms with Crippen molar-refractivity contribution in [3.63, 3.8) is 0 Å². The fourth-order valence-corrected chi connectivity index (χ4v) is 2.09. The Labute approximate surface area is 87.6 Å². The van der Waals surface area contributed by atoms with Crippen molar-refractivity contribution < 1.29 is 0 Å². The van der Waals surface area contributed by atoms with Crippen molar-refractivity contribution in [3.05, 3.63) is 12.2 Å². The van der Waals surface area contributed by atoms with E-state index in [-0.39, 0.29) is 0 Å². The Balaban J connectivity index is 4.12. The van der Waals surface area contributed by atoms with Gasteiger partial charge in [0.15, 0.2) is 0 Å². The molecule has 0 spiro atoms. The van der Waals surface area contributed by atoms with Gasteiger partial charge in [0, 0.05) is 6.04 Å². The minimum absolute atomic E-state index is 0.586. The van der Waals surface area contributed by atoms with E-state index in [9.17, 15) is 0 Å². The number of hydrogen-bond donors (Lipinski definition) is 0. The van der Waals surface area contributed by atoms with Crippen molar-refractivity contribution in [2.24, 2.45) is 0 Å². The molecule has 0 aromatic rings. The summed E-state index contributed by atoms with van der Waals surface area (Å²) in [5.74, 6) is 1.23. The highest BCUT2D eigenvalue weighted by Gasteiger charge is 2.15. The second-order valence-electron chi connectivity index (χ2n) is 3.36. The van der Waals surface area contributed by atoms with E-state index in [4.69, 9.17) is 0 Å². The molecule has 0 aromatic carbocycles. The summed E-state index contributed by atoms with van der Waals surface area (Å²) in [6.45, 7) is 12.9. The molecule has 0 bridgehead atoms. The monoisotopic (exact) mass is 201 g/mol. The van der Waals surface area contributed by atoms with E-state index in [1.165, 1.54) is 17.7 Å². The smallest absolute Gasteiger partial charge is 0.0309 e. The average molecular weight is 201 g/mol. The maximum absolute atomic E-state index is 4.07. The molecule has 0 rings (SSSR count). The standard InChI is InChI=1S/C11H23NS/c1-6-12(7-2)11(10(3)4)8-9-13-5/h11H,3,6-9H2,1-2,4-5H3/t11-/m0/s1. The second-order valence-corrected chi connectivity index (χ2v) is 4.35. The van der Waals surface area contributed by atoms with Gasteiger partial charge in [-0.15, -0.1) is 0 Å². The Morgan fingerprint density at radius 3 is 2.23 bits per heavy atom. The third kappa shape index (κ3) is 4.72. The molecule has 0 saturated heterocycles. The van der Waals surface area contributed by atoms with Crippen LogP contribution < -0.4 is 0 Å². The Morgan fingerprint density at radius 1 is 1.38 bits per heavy atom. The van der Waals surface area contributed by atoms with E-state index in [0.29, 0.717) is 6.04 Å². The molecule has 0 radical (unpaired) electrons. The first-order chi connectivity index (χ1) is 6.17.